The highest BCUT2D eigenvalue weighted by Gasteiger charge is 2.20. The molecule has 2 N–H and O–H groups in total. The summed E-state index contributed by atoms with van der Waals surface area (Å²) in [6.45, 7) is 6.65. The van der Waals surface area contributed by atoms with Crippen molar-refractivity contribution in [3.8, 4) is 0 Å². The normalized spacial score (nSPS) is 21.0. The van der Waals surface area contributed by atoms with Gasteiger partial charge in [-0.2, -0.15) is 0 Å². The highest BCUT2D eigenvalue weighted by atomic mass is 15.0. The zero-order valence-corrected chi connectivity index (χ0v) is 9.12. The third-order valence-corrected chi connectivity index (χ3v) is 2.69. The summed E-state index contributed by atoms with van der Waals surface area (Å²) < 4.78 is 2.31. The summed E-state index contributed by atoms with van der Waals surface area (Å²) in [6.07, 6.45) is 7.36. The molecule has 76 valence electrons. The van der Waals surface area contributed by atoms with E-state index in [4.69, 9.17) is 5.73 Å². The lowest BCUT2D eigenvalue weighted by Gasteiger charge is -2.25. The lowest BCUT2D eigenvalue weighted by molar-refractivity contribution is 0.395. The summed E-state index contributed by atoms with van der Waals surface area (Å²) in [5.74, 6) is 0. The maximum atomic E-state index is 5.87. The largest absolute Gasteiger partial charge is 0.342 e. The van der Waals surface area contributed by atoms with Gasteiger partial charge in [-0.3, -0.25) is 0 Å². The van der Waals surface area contributed by atoms with Gasteiger partial charge in [-0.1, -0.05) is 6.08 Å². The Balaban J connectivity index is 2.46. The number of nitrogens with zero attached hydrogens (tertiary/aromatic N) is 1. The van der Waals surface area contributed by atoms with E-state index in [2.05, 4.69) is 49.8 Å². The Hall–Kier alpha value is -1.02. The molecule has 0 aliphatic heterocycles. The predicted octanol–water partition coefficient (Wildman–Crippen LogP) is 2.14. The number of rotatable bonds is 0. The molecule has 0 amide bonds. The molecule has 1 aliphatic carbocycles. The van der Waals surface area contributed by atoms with E-state index in [0.29, 0.717) is 0 Å². The second kappa shape index (κ2) is 2.99. The number of nitrogens with two attached hydrogens (primary N) is 1. The summed E-state index contributed by atoms with van der Waals surface area (Å²) in [7, 11) is 0. The molecule has 0 radical (unpaired) electrons. The van der Waals surface area contributed by atoms with Crippen LogP contribution in [0, 0.1) is 0 Å². The number of aromatic nitrogens is 1. The highest BCUT2D eigenvalue weighted by molar-refractivity contribution is 5.55. The van der Waals surface area contributed by atoms with E-state index in [1.165, 1.54) is 11.3 Å². The lowest BCUT2D eigenvalue weighted by Crippen LogP contribution is -2.26. The van der Waals surface area contributed by atoms with Crippen molar-refractivity contribution in [2.45, 2.75) is 38.8 Å². The van der Waals surface area contributed by atoms with Crippen molar-refractivity contribution in [2.24, 2.45) is 5.73 Å². The first-order valence-corrected chi connectivity index (χ1v) is 5.13. The predicted molar refractivity (Wildman–Crippen MR) is 60.1 cm³/mol. The minimum Gasteiger partial charge on any atom is -0.342 e. The van der Waals surface area contributed by atoms with Gasteiger partial charge in [0.15, 0.2) is 0 Å². The standard InChI is InChI=1S/C12H18N2/c1-12(2,3)14-7-6-9-8-10(13)4-5-11(9)14/h4-7,10H,8,13H2,1-3H3. The van der Waals surface area contributed by atoms with Crippen molar-refractivity contribution in [2.75, 3.05) is 0 Å². The second-order valence-electron chi connectivity index (χ2n) is 4.99. The van der Waals surface area contributed by atoms with Gasteiger partial charge in [0.25, 0.3) is 0 Å². The maximum Gasteiger partial charge on any atom is 0.0442 e. The van der Waals surface area contributed by atoms with Crippen molar-refractivity contribution < 1.29 is 0 Å². The van der Waals surface area contributed by atoms with Gasteiger partial charge in [-0.05, 0) is 44.9 Å². The van der Waals surface area contributed by atoms with E-state index in [-0.39, 0.29) is 11.6 Å². The van der Waals surface area contributed by atoms with E-state index in [1.54, 1.807) is 0 Å². The smallest absolute Gasteiger partial charge is 0.0442 e. The lowest BCUT2D eigenvalue weighted by atomic mass is 9.99. The molecule has 0 saturated heterocycles. The first kappa shape index (κ1) is 9.53. The van der Waals surface area contributed by atoms with Gasteiger partial charge >= 0.3 is 0 Å². The van der Waals surface area contributed by atoms with Crippen LogP contribution in [0.25, 0.3) is 6.08 Å². The minimum atomic E-state index is 0.152. The van der Waals surface area contributed by atoms with Crippen LogP contribution in [-0.4, -0.2) is 10.6 Å². The minimum absolute atomic E-state index is 0.152. The molecule has 1 aliphatic rings. The van der Waals surface area contributed by atoms with Crippen molar-refractivity contribution in [1.82, 2.24) is 4.57 Å². The van der Waals surface area contributed by atoms with Gasteiger partial charge in [0.2, 0.25) is 0 Å². The third-order valence-electron chi connectivity index (χ3n) is 2.69. The monoisotopic (exact) mass is 190 g/mol. The average Bonchev–Trinajstić information content (AvgIpc) is 2.45. The van der Waals surface area contributed by atoms with Gasteiger partial charge in [-0.25, -0.2) is 0 Å². The summed E-state index contributed by atoms with van der Waals surface area (Å²) in [5, 5.41) is 0. The first-order valence-electron chi connectivity index (χ1n) is 5.13. The van der Waals surface area contributed by atoms with Gasteiger partial charge in [0, 0.05) is 23.5 Å². The van der Waals surface area contributed by atoms with Gasteiger partial charge in [0.05, 0.1) is 0 Å². The molecule has 0 fully saturated rings. The summed E-state index contributed by atoms with van der Waals surface area (Å²) >= 11 is 0. The number of hydrogen-bond donors (Lipinski definition) is 1. The Labute approximate surface area is 85.4 Å². The van der Waals surface area contributed by atoms with Gasteiger partial charge in [0.1, 0.15) is 0 Å². The molecule has 2 nitrogen and oxygen atoms in total. The van der Waals surface area contributed by atoms with Crippen LogP contribution in [0.15, 0.2) is 18.3 Å². The Morgan fingerprint density at radius 1 is 1.43 bits per heavy atom. The molecule has 1 unspecified atom stereocenters. The van der Waals surface area contributed by atoms with Gasteiger partial charge < -0.3 is 10.3 Å². The molecule has 0 saturated carbocycles. The van der Waals surface area contributed by atoms with E-state index in [1.807, 2.05) is 0 Å². The van der Waals surface area contributed by atoms with E-state index in [0.717, 1.165) is 6.42 Å². The van der Waals surface area contributed by atoms with Crippen molar-refractivity contribution >= 4 is 6.08 Å². The first-order chi connectivity index (χ1) is 6.48. The molecule has 14 heavy (non-hydrogen) atoms. The van der Waals surface area contributed by atoms with Crippen molar-refractivity contribution in [3.05, 3.63) is 29.6 Å². The van der Waals surface area contributed by atoms with E-state index < -0.39 is 0 Å². The Morgan fingerprint density at radius 3 is 2.79 bits per heavy atom. The molecule has 2 rings (SSSR count). The molecule has 0 bridgehead atoms. The second-order valence-corrected chi connectivity index (χ2v) is 4.99. The highest BCUT2D eigenvalue weighted by Crippen LogP contribution is 2.25. The Bertz CT molecular complexity index is 366. The third kappa shape index (κ3) is 1.50. The summed E-state index contributed by atoms with van der Waals surface area (Å²) in [6, 6.07) is 2.38. The molecule has 1 atom stereocenters. The number of fused-ring (bicyclic) bond motifs is 1. The maximum absolute atomic E-state index is 5.87. The fourth-order valence-electron chi connectivity index (χ4n) is 1.97. The van der Waals surface area contributed by atoms with Crippen LogP contribution < -0.4 is 5.73 Å². The van der Waals surface area contributed by atoms with Crippen LogP contribution in [0.5, 0.6) is 0 Å². The van der Waals surface area contributed by atoms with Crippen LogP contribution in [0.1, 0.15) is 32.0 Å². The van der Waals surface area contributed by atoms with Gasteiger partial charge in [-0.15, -0.1) is 0 Å². The van der Waals surface area contributed by atoms with Crippen LogP contribution >= 0.6 is 0 Å². The average molecular weight is 190 g/mol. The molecule has 1 heterocycles. The molecular formula is C12H18N2. The Kier molecular flexibility index (Phi) is 2.04. The zero-order valence-electron chi connectivity index (χ0n) is 9.12. The molecular weight excluding hydrogens is 172 g/mol. The fourth-order valence-corrected chi connectivity index (χ4v) is 1.97. The fraction of sp³-hybridized carbons (Fsp3) is 0.500. The summed E-state index contributed by atoms with van der Waals surface area (Å²) in [5.41, 5.74) is 8.71. The molecule has 0 spiro atoms. The van der Waals surface area contributed by atoms with Crippen LogP contribution in [-0.2, 0) is 12.0 Å². The molecule has 2 heteroatoms. The molecule has 1 aromatic rings. The van der Waals surface area contributed by atoms with E-state index in [9.17, 15) is 0 Å². The van der Waals surface area contributed by atoms with Crippen LogP contribution in [0.3, 0.4) is 0 Å². The van der Waals surface area contributed by atoms with Crippen molar-refractivity contribution in [1.29, 1.82) is 0 Å². The zero-order chi connectivity index (χ0) is 10.3. The van der Waals surface area contributed by atoms with Crippen LogP contribution in [0.4, 0.5) is 0 Å². The summed E-state index contributed by atoms with van der Waals surface area (Å²) in [4.78, 5) is 0. The quantitative estimate of drug-likeness (QED) is 0.667. The van der Waals surface area contributed by atoms with Crippen molar-refractivity contribution in [3.63, 3.8) is 0 Å². The SMILES string of the molecule is CC(C)(C)n1ccc2c1C=CC(N)C2. The van der Waals surface area contributed by atoms with E-state index >= 15 is 0 Å². The molecule has 0 aromatic carbocycles. The van der Waals surface area contributed by atoms with Crippen LogP contribution in [0.2, 0.25) is 0 Å². The molecule has 1 aromatic heterocycles. The number of hydrogen-bond acceptors (Lipinski definition) is 1. The Morgan fingerprint density at radius 2 is 2.14 bits per heavy atom. The topological polar surface area (TPSA) is 30.9 Å².